The maximum atomic E-state index is 12.9. The summed E-state index contributed by atoms with van der Waals surface area (Å²) >= 11 is 0. The molecule has 1 heterocycles. The molecule has 4 rings (SSSR count). The first-order valence-corrected chi connectivity index (χ1v) is 11.8. The number of fused-ring (bicyclic) bond motifs is 2. The number of nitrogens with zero attached hydrogens (tertiary/aromatic N) is 2. The Balaban J connectivity index is 1.58. The molecule has 2 aliphatic carbocycles. The predicted octanol–water partition coefficient (Wildman–Crippen LogP) is 3.03. The smallest absolute Gasteiger partial charge is 0.333 e. The van der Waals surface area contributed by atoms with Crippen LogP contribution in [-0.2, 0) is 40.4 Å². The molecule has 2 unspecified atom stereocenters. The molecule has 9 heteroatoms. The molecule has 0 spiro atoms. The monoisotopic (exact) mass is 432 g/mol. The fourth-order valence-corrected chi connectivity index (χ4v) is 5.39. The minimum atomic E-state index is -4.12. The van der Waals surface area contributed by atoms with Gasteiger partial charge in [-0.15, -0.1) is 0 Å². The van der Waals surface area contributed by atoms with Crippen LogP contribution in [0.5, 0.6) is 0 Å². The van der Waals surface area contributed by atoms with Gasteiger partial charge in [-0.3, -0.25) is 0 Å². The number of amides is 2. The third kappa shape index (κ3) is 3.45. The van der Waals surface area contributed by atoms with Gasteiger partial charge in [-0.05, 0) is 81.5 Å². The minimum Gasteiger partial charge on any atom is -0.472 e. The van der Waals surface area contributed by atoms with Crippen molar-refractivity contribution in [1.82, 2.24) is 9.73 Å². The van der Waals surface area contributed by atoms with Crippen LogP contribution in [0.2, 0.25) is 0 Å². The van der Waals surface area contributed by atoms with Crippen LogP contribution in [0.25, 0.3) is 0 Å². The Hall–Kier alpha value is -2.55. The summed E-state index contributed by atoms with van der Waals surface area (Å²) in [7, 11) is -4.12. The fourth-order valence-electron chi connectivity index (χ4n) is 4.57. The van der Waals surface area contributed by atoms with Crippen molar-refractivity contribution in [1.29, 1.82) is 0 Å². The molecule has 0 aromatic heterocycles. The SMILES string of the molecule is C=NN1/C(=C(\C)S(=O)(=O)NC(=O)Nc2c3c(cc4c2CCC4)CCC3)OC(C)C1C. The molecular formula is C21H28N4O4S. The van der Waals surface area contributed by atoms with Gasteiger partial charge in [0.1, 0.15) is 11.0 Å². The lowest BCUT2D eigenvalue weighted by Gasteiger charge is -2.18. The number of nitrogens with one attached hydrogen (secondary N) is 2. The van der Waals surface area contributed by atoms with Gasteiger partial charge in [-0.1, -0.05) is 6.07 Å². The van der Waals surface area contributed by atoms with Crippen molar-refractivity contribution >= 4 is 28.5 Å². The standard InChI is InChI=1S/C21H28N4O4S/c1-12-13(2)29-20(25(12)22-4)14(3)30(27,28)24-21(26)23-19-17-9-5-7-15(17)11-16-8-6-10-18(16)19/h11-13H,4-10H2,1-3H3,(H2,23,24,26)/b20-14-. The van der Waals surface area contributed by atoms with E-state index in [4.69, 9.17) is 4.74 Å². The van der Waals surface area contributed by atoms with Gasteiger partial charge in [0.25, 0.3) is 10.0 Å². The van der Waals surface area contributed by atoms with E-state index in [1.54, 1.807) is 0 Å². The minimum absolute atomic E-state index is 0.0896. The maximum absolute atomic E-state index is 12.9. The number of benzene rings is 1. The summed E-state index contributed by atoms with van der Waals surface area (Å²) in [5.74, 6) is 0.0896. The van der Waals surface area contributed by atoms with E-state index in [2.05, 4.69) is 27.9 Å². The summed E-state index contributed by atoms with van der Waals surface area (Å²) in [6, 6.07) is 1.34. The molecule has 30 heavy (non-hydrogen) atoms. The topological polar surface area (TPSA) is 100 Å². The second-order valence-corrected chi connectivity index (χ2v) is 10.0. The molecular weight excluding hydrogens is 404 g/mol. The largest absolute Gasteiger partial charge is 0.472 e. The molecule has 1 aromatic rings. The van der Waals surface area contributed by atoms with Gasteiger partial charge in [0.15, 0.2) is 0 Å². The van der Waals surface area contributed by atoms with Crippen LogP contribution in [0.3, 0.4) is 0 Å². The van der Waals surface area contributed by atoms with Gasteiger partial charge in [0.05, 0.1) is 6.04 Å². The van der Waals surface area contributed by atoms with Gasteiger partial charge < -0.3 is 10.1 Å². The molecule has 1 aliphatic heterocycles. The summed E-state index contributed by atoms with van der Waals surface area (Å²) in [4.78, 5) is 12.6. The maximum Gasteiger partial charge on any atom is 0.333 e. The highest BCUT2D eigenvalue weighted by molar-refractivity contribution is 7.93. The highest BCUT2D eigenvalue weighted by Crippen LogP contribution is 2.38. The molecule has 0 bridgehead atoms. The highest BCUT2D eigenvalue weighted by Gasteiger charge is 2.37. The molecule has 1 saturated heterocycles. The van der Waals surface area contributed by atoms with Gasteiger partial charge in [0.2, 0.25) is 5.88 Å². The van der Waals surface area contributed by atoms with E-state index in [9.17, 15) is 13.2 Å². The number of rotatable bonds is 4. The van der Waals surface area contributed by atoms with Crippen molar-refractivity contribution in [2.75, 3.05) is 5.32 Å². The number of ether oxygens (including phenoxy) is 1. The average molecular weight is 433 g/mol. The highest BCUT2D eigenvalue weighted by atomic mass is 32.2. The molecule has 162 valence electrons. The van der Waals surface area contributed by atoms with Crippen LogP contribution in [0.4, 0.5) is 10.5 Å². The zero-order valence-corrected chi connectivity index (χ0v) is 18.4. The summed E-state index contributed by atoms with van der Waals surface area (Å²) in [5.41, 5.74) is 5.61. The second-order valence-electron chi connectivity index (χ2n) is 8.20. The summed E-state index contributed by atoms with van der Waals surface area (Å²) in [6.45, 7) is 8.58. The lowest BCUT2D eigenvalue weighted by molar-refractivity contribution is 0.166. The van der Waals surface area contributed by atoms with E-state index >= 15 is 0 Å². The van der Waals surface area contributed by atoms with Crippen molar-refractivity contribution in [3.63, 3.8) is 0 Å². The van der Waals surface area contributed by atoms with Crippen LogP contribution < -0.4 is 10.0 Å². The van der Waals surface area contributed by atoms with E-state index < -0.39 is 16.1 Å². The van der Waals surface area contributed by atoms with E-state index in [1.807, 2.05) is 13.8 Å². The first-order valence-electron chi connectivity index (χ1n) is 10.4. The first kappa shape index (κ1) is 20.7. The molecule has 1 fully saturated rings. The lowest BCUT2D eigenvalue weighted by atomic mass is 9.99. The molecule has 3 aliphatic rings. The number of aryl methyl sites for hydroxylation is 2. The molecule has 8 nitrogen and oxygen atoms in total. The van der Waals surface area contributed by atoms with Crippen molar-refractivity contribution in [3.05, 3.63) is 39.1 Å². The summed E-state index contributed by atoms with van der Waals surface area (Å²) in [5, 5.41) is 8.14. The van der Waals surface area contributed by atoms with Gasteiger partial charge >= 0.3 is 6.03 Å². The Morgan fingerprint density at radius 3 is 2.33 bits per heavy atom. The number of hydrazone groups is 1. The van der Waals surface area contributed by atoms with Crippen molar-refractivity contribution in [2.45, 2.75) is 71.4 Å². The van der Waals surface area contributed by atoms with E-state index in [0.717, 1.165) is 55.3 Å². The number of carbonyl (C=O) groups excluding carboxylic acids is 1. The molecule has 2 N–H and O–H groups in total. The average Bonchev–Trinajstić information content (AvgIpc) is 3.40. The van der Waals surface area contributed by atoms with E-state index in [0.29, 0.717) is 0 Å². The molecule has 2 atom stereocenters. The Labute approximate surface area is 177 Å². The zero-order valence-electron chi connectivity index (χ0n) is 17.6. The third-order valence-electron chi connectivity index (χ3n) is 6.37. The lowest BCUT2D eigenvalue weighted by Crippen LogP contribution is -2.36. The number of urea groups is 1. The van der Waals surface area contributed by atoms with Crippen LogP contribution in [0.15, 0.2) is 22.0 Å². The molecule has 1 aromatic carbocycles. The zero-order chi connectivity index (χ0) is 21.6. The molecule has 0 saturated carbocycles. The van der Waals surface area contributed by atoms with Crippen molar-refractivity contribution in [3.8, 4) is 0 Å². The Bertz CT molecular complexity index is 1020. The van der Waals surface area contributed by atoms with Crippen LogP contribution in [0, 0.1) is 0 Å². The number of hydrogen-bond acceptors (Lipinski definition) is 6. The third-order valence-corrected chi connectivity index (χ3v) is 7.80. The quantitative estimate of drug-likeness (QED) is 0.713. The second kappa shape index (κ2) is 7.61. The number of hydrogen-bond donors (Lipinski definition) is 2. The van der Waals surface area contributed by atoms with Gasteiger partial charge in [-0.2, -0.15) is 5.10 Å². The Kier molecular flexibility index (Phi) is 5.25. The molecule has 0 radical (unpaired) electrons. The summed E-state index contributed by atoms with van der Waals surface area (Å²) in [6.07, 6.45) is 5.65. The summed E-state index contributed by atoms with van der Waals surface area (Å²) < 4.78 is 33.5. The van der Waals surface area contributed by atoms with E-state index in [-0.39, 0.29) is 22.9 Å². The van der Waals surface area contributed by atoms with E-state index in [1.165, 1.54) is 23.1 Å². The van der Waals surface area contributed by atoms with Crippen LogP contribution in [0.1, 0.15) is 55.9 Å². The van der Waals surface area contributed by atoms with Gasteiger partial charge in [-0.25, -0.2) is 22.9 Å². The number of sulfonamides is 1. The predicted molar refractivity (Wildman–Crippen MR) is 116 cm³/mol. The van der Waals surface area contributed by atoms with Crippen molar-refractivity contribution in [2.24, 2.45) is 5.10 Å². The normalized spacial score (nSPS) is 24.2. The van der Waals surface area contributed by atoms with Crippen LogP contribution in [-0.4, -0.2) is 38.3 Å². The number of anilines is 1. The van der Waals surface area contributed by atoms with Crippen molar-refractivity contribution < 1.29 is 17.9 Å². The van der Waals surface area contributed by atoms with Crippen LogP contribution >= 0.6 is 0 Å². The molecule has 2 amide bonds. The first-order chi connectivity index (χ1) is 14.2. The Morgan fingerprint density at radius 2 is 1.77 bits per heavy atom. The number of allylic oxidation sites excluding steroid dienone is 1. The Morgan fingerprint density at radius 1 is 1.17 bits per heavy atom. The van der Waals surface area contributed by atoms with Gasteiger partial charge in [0, 0.05) is 12.4 Å². The number of carbonyl (C=O) groups is 1. The fraction of sp³-hybridized carbons (Fsp3) is 0.524.